The molecular formula is C13H12N4. The summed E-state index contributed by atoms with van der Waals surface area (Å²) in [6.07, 6.45) is 7.38. The van der Waals surface area contributed by atoms with E-state index >= 15 is 0 Å². The number of rotatable bonds is 1. The minimum atomic E-state index is 0.737. The number of nitrogens with two attached hydrogens (primary N) is 1. The van der Waals surface area contributed by atoms with Gasteiger partial charge in [0, 0.05) is 35.1 Å². The molecule has 4 heteroatoms. The van der Waals surface area contributed by atoms with E-state index in [0.717, 1.165) is 27.7 Å². The molecule has 4 nitrogen and oxygen atoms in total. The van der Waals surface area contributed by atoms with Gasteiger partial charge in [-0.3, -0.25) is 4.98 Å². The highest BCUT2D eigenvalue weighted by atomic mass is 15.3. The van der Waals surface area contributed by atoms with Gasteiger partial charge in [0.2, 0.25) is 0 Å². The van der Waals surface area contributed by atoms with Crippen LogP contribution in [0, 0.1) is 6.92 Å². The second-order valence-corrected chi connectivity index (χ2v) is 4.06. The molecule has 0 fully saturated rings. The first kappa shape index (κ1) is 9.84. The molecule has 0 saturated carbocycles. The van der Waals surface area contributed by atoms with Gasteiger partial charge in [-0.25, -0.2) is 4.68 Å². The van der Waals surface area contributed by atoms with Crippen molar-refractivity contribution in [3.8, 4) is 5.69 Å². The smallest absolute Gasteiger partial charge is 0.0726 e. The number of aromatic nitrogens is 3. The molecule has 2 aromatic heterocycles. The fourth-order valence-electron chi connectivity index (χ4n) is 1.94. The SMILES string of the molecule is Cc1cnn(-c2ccc(N)c3cnccc23)c1. The molecule has 0 spiro atoms. The molecule has 0 aliphatic carbocycles. The van der Waals surface area contributed by atoms with Crippen LogP contribution in [-0.4, -0.2) is 14.8 Å². The molecule has 0 aliphatic rings. The second-order valence-electron chi connectivity index (χ2n) is 4.06. The molecule has 3 rings (SSSR count). The van der Waals surface area contributed by atoms with Crippen LogP contribution in [0.5, 0.6) is 0 Å². The van der Waals surface area contributed by atoms with Gasteiger partial charge in [-0.1, -0.05) is 0 Å². The third-order valence-corrected chi connectivity index (χ3v) is 2.79. The minimum Gasteiger partial charge on any atom is -0.398 e. The summed E-state index contributed by atoms with van der Waals surface area (Å²) in [4.78, 5) is 4.10. The van der Waals surface area contributed by atoms with E-state index in [0.29, 0.717) is 0 Å². The number of nitrogen functional groups attached to an aromatic ring is 1. The van der Waals surface area contributed by atoms with Crippen molar-refractivity contribution in [2.24, 2.45) is 0 Å². The minimum absolute atomic E-state index is 0.737. The first-order valence-corrected chi connectivity index (χ1v) is 5.39. The molecule has 0 atom stereocenters. The molecule has 17 heavy (non-hydrogen) atoms. The fourth-order valence-corrected chi connectivity index (χ4v) is 1.94. The van der Waals surface area contributed by atoms with Crippen LogP contribution >= 0.6 is 0 Å². The van der Waals surface area contributed by atoms with Crippen LogP contribution in [0.15, 0.2) is 43.0 Å². The molecule has 0 amide bonds. The summed E-state index contributed by atoms with van der Waals surface area (Å²) in [5.74, 6) is 0. The lowest BCUT2D eigenvalue weighted by Gasteiger charge is -2.08. The van der Waals surface area contributed by atoms with Crippen molar-refractivity contribution < 1.29 is 0 Å². The van der Waals surface area contributed by atoms with Crippen molar-refractivity contribution in [3.63, 3.8) is 0 Å². The number of aryl methyl sites for hydroxylation is 1. The first-order chi connectivity index (χ1) is 8.25. The van der Waals surface area contributed by atoms with Crippen LogP contribution in [0.1, 0.15) is 5.56 Å². The highest BCUT2D eigenvalue weighted by molar-refractivity contribution is 5.97. The van der Waals surface area contributed by atoms with E-state index in [9.17, 15) is 0 Å². The normalized spacial score (nSPS) is 10.9. The number of hydrogen-bond donors (Lipinski definition) is 1. The van der Waals surface area contributed by atoms with Crippen molar-refractivity contribution in [3.05, 3.63) is 48.5 Å². The predicted octanol–water partition coefficient (Wildman–Crippen LogP) is 2.31. The largest absolute Gasteiger partial charge is 0.398 e. The van der Waals surface area contributed by atoms with E-state index in [4.69, 9.17) is 5.73 Å². The van der Waals surface area contributed by atoms with Gasteiger partial charge in [-0.2, -0.15) is 5.10 Å². The van der Waals surface area contributed by atoms with Gasteiger partial charge < -0.3 is 5.73 Å². The average molecular weight is 224 g/mol. The summed E-state index contributed by atoms with van der Waals surface area (Å²) in [6, 6.07) is 5.82. The Morgan fingerprint density at radius 2 is 2.00 bits per heavy atom. The van der Waals surface area contributed by atoms with Gasteiger partial charge in [0.15, 0.2) is 0 Å². The first-order valence-electron chi connectivity index (χ1n) is 5.39. The van der Waals surface area contributed by atoms with Crippen molar-refractivity contribution in [1.82, 2.24) is 14.8 Å². The Bertz CT molecular complexity index is 685. The fraction of sp³-hybridized carbons (Fsp3) is 0.0769. The quantitative estimate of drug-likeness (QED) is 0.645. The Kier molecular flexibility index (Phi) is 2.08. The van der Waals surface area contributed by atoms with Gasteiger partial charge in [0.05, 0.1) is 11.9 Å². The van der Waals surface area contributed by atoms with E-state index in [1.54, 1.807) is 12.4 Å². The molecule has 2 heterocycles. The number of fused-ring (bicyclic) bond motifs is 1. The number of hydrogen-bond acceptors (Lipinski definition) is 3. The molecular weight excluding hydrogens is 212 g/mol. The van der Waals surface area contributed by atoms with E-state index in [2.05, 4.69) is 10.1 Å². The topological polar surface area (TPSA) is 56.7 Å². The zero-order chi connectivity index (χ0) is 11.8. The van der Waals surface area contributed by atoms with Crippen molar-refractivity contribution >= 4 is 16.5 Å². The summed E-state index contributed by atoms with van der Waals surface area (Å²) >= 11 is 0. The monoisotopic (exact) mass is 224 g/mol. The highest BCUT2D eigenvalue weighted by Gasteiger charge is 2.06. The standard InChI is InChI=1S/C13H12N4/c1-9-6-16-17(8-9)13-3-2-12(14)11-7-15-5-4-10(11)13/h2-8H,14H2,1H3. The summed E-state index contributed by atoms with van der Waals surface area (Å²) in [5.41, 5.74) is 8.82. The molecule has 1 aromatic carbocycles. The lowest BCUT2D eigenvalue weighted by Crippen LogP contribution is -1.97. The van der Waals surface area contributed by atoms with Gasteiger partial charge in [0.1, 0.15) is 0 Å². The lowest BCUT2D eigenvalue weighted by atomic mass is 10.1. The molecule has 84 valence electrons. The van der Waals surface area contributed by atoms with E-state index in [1.165, 1.54) is 0 Å². The maximum atomic E-state index is 5.94. The van der Waals surface area contributed by atoms with Crippen molar-refractivity contribution in [1.29, 1.82) is 0 Å². The van der Waals surface area contributed by atoms with Gasteiger partial charge in [-0.15, -0.1) is 0 Å². The number of nitrogens with zero attached hydrogens (tertiary/aromatic N) is 3. The lowest BCUT2D eigenvalue weighted by molar-refractivity contribution is 0.887. The summed E-state index contributed by atoms with van der Waals surface area (Å²) in [6.45, 7) is 2.02. The van der Waals surface area contributed by atoms with Crippen molar-refractivity contribution in [2.75, 3.05) is 5.73 Å². The Morgan fingerprint density at radius 3 is 2.76 bits per heavy atom. The Labute approximate surface area is 98.7 Å². The summed E-state index contributed by atoms with van der Waals surface area (Å²) in [5, 5.41) is 6.34. The van der Waals surface area contributed by atoms with E-state index in [-0.39, 0.29) is 0 Å². The molecule has 0 aliphatic heterocycles. The predicted molar refractivity (Wildman–Crippen MR) is 68.0 cm³/mol. The van der Waals surface area contributed by atoms with Crippen LogP contribution in [0.4, 0.5) is 5.69 Å². The van der Waals surface area contributed by atoms with Crippen LogP contribution in [0.3, 0.4) is 0 Å². The van der Waals surface area contributed by atoms with Crippen LogP contribution in [-0.2, 0) is 0 Å². The highest BCUT2D eigenvalue weighted by Crippen LogP contribution is 2.26. The molecule has 2 N–H and O–H groups in total. The van der Waals surface area contributed by atoms with Gasteiger partial charge >= 0.3 is 0 Å². The third-order valence-electron chi connectivity index (χ3n) is 2.79. The maximum Gasteiger partial charge on any atom is 0.0726 e. The number of benzene rings is 1. The Morgan fingerprint density at radius 1 is 1.12 bits per heavy atom. The maximum absolute atomic E-state index is 5.94. The van der Waals surface area contributed by atoms with Gasteiger partial charge in [0.25, 0.3) is 0 Å². The van der Waals surface area contributed by atoms with Gasteiger partial charge in [-0.05, 0) is 30.7 Å². The third kappa shape index (κ3) is 1.54. The van der Waals surface area contributed by atoms with Crippen LogP contribution < -0.4 is 5.73 Å². The number of anilines is 1. The molecule has 0 bridgehead atoms. The summed E-state index contributed by atoms with van der Waals surface area (Å²) in [7, 11) is 0. The van der Waals surface area contributed by atoms with E-state index < -0.39 is 0 Å². The Balaban J connectivity index is 2.34. The average Bonchev–Trinajstić information content (AvgIpc) is 2.77. The zero-order valence-corrected chi connectivity index (χ0v) is 9.46. The Hall–Kier alpha value is -2.36. The van der Waals surface area contributed by atoms with Crippen LogP contribution in [0.2, 0.25) is 0 Å². The summed E-state index contributed by atoms with van der Waals surface area (Å²) < 4.78 is 1.86. The molecule has 3 aromatic rings. The molecule has 0 unspecified atom stereocenters. The van der Waals surface area contributed by atoms with E-state index in [1.807, 2.05) is 42.2 Å². The number of pyridine rings is 1. The van der Waals surface area contributed by atoms with Crippen molar-refractivity contribution in [2.45, 2.75) is 6.92 Å². The molecule has 0 saturated heterocycles. The second kappa shape index (κ2) is 3.59. The van der Waals surface area contributed by atoms with Crippen LogP contribution in [0.25, 0.3) is 16.5 Å². The molecule has 0 radical (unpaired) electrons. The zero-order valence-electron chi connectivity index (χ0n) is 9.46.